The van der Waals surface area contributed by atoms with Gasteiger partial charge in [-0.15, -0.1) is 11.3 Å². The fourth-order valence-electron chi connectivity index (χ4n) is 1.08. The van der Waals surface area contributed by atoms with E-state index in [2.05, 4.69) is 0 Å². The van der Waals surface area contributed by atoms with Crippen LogP contribution in [-0.2, 0) is 4.74 Å². The number of thiophene rings is 1. The molecule has 14 heavy (non-hydrogen) atoms. The smallest absolute Gasteiger partial charge is 0.135 e. The molecule has 1 N–H and O–H groups in total. The third-order valence-electron chi connectivity index (χ3n) is 1.77. The largest absolute Gasteiger partial charge is 0.495 e. The SMILES string of the molecule is COc1ccsc1C(O)COC(C)C. The maximum atomic E-state index is 9.78. The van der Waals surface area contributed by atoms with Crippen LogP contribution in [0.25, 0.3) is 0 Å². The predicted octanol–water partition coefficient (Wildman–Crippen LogP) is 2.22. The number of hydrogen-bond acceptors (Lipinski definition) is 4. The molecule has 0 bridgehead atoms. The van der Waals surface area contributed by atoms with Crippen LogP contribution in [0.2, 0.25) is 0 Å². The van der Waals surface area contributed by atoms with Crippen molar-refractivity contribution in [3.8, 4) is 5.75 Å². The van der Waals surface area contributed by atoms with Crippen LogP contribution in [0.5, 0.6) is 5.75 Å². The molecule has 1 rings (SSSR count). The standard InChI is InChI=1S/C10H16O3S/c1-7(2)13-6-8(11)10-9(12-3)4-5-14-10/h4-5,7-8,11H,6H2,1-3H3. The van der Waals surface area contributed by atoms with Crippen LogP contribution in [-0.4, -0.2) is 24.9 Å². The number of hydrogen-bond donors (Lipinski definition) is 1. The summed E-state index contributed by atoms with van der Waals surface area (Å²) in [4.78, 5) is 0.827. The second kappa shape index (κ2) is 5.34. The van der Waals surface area contributed by atoms with Crippen LogP contribution in [0.1, 0.15) is 24.8 Å². The number of rotatable bonds is 5. The van der Waals surface area contributed by atoms with E-state index in [1.54, 1.807) is 7.11 Å². The molecule has 4 heteroatoms. The third kappa shape index (κ3) is 2.97. The summed E-state index contributed by atoms with van der Waals surface area (Å²) in [7, 11) is 1.60. The highest BCUT2D eigenvalue weighted by molar-refractivity contribution is 7.10. The van der Waals surface area contributed by atoms with Gasteiger partial charge in [0.15, 0.2) is 0 Å². The lowest BCUT2D eigenvalue weighted by Gasteiger charge is -2.13. The van der Waals surface area contributed by atoms with E-state index in [9.17, 15) is 5.11 Å². The maximum Gasteiger partial charge on any atom is 0.135 e. The fourth-order valence-corrected chi connectivity index (χ4v) is 1.91. The molecular formula is C10H16O3S. The van der Waals surface area contributed by atoms with Crippen molar-refractivity contribution < 1.29 is 14.6 Å². The van der Waals surface area contributed by atoms with Crippen LogP contribution in [0.15, 0.2) is 11.4 Å². The van der Waals surface area contributed by atoms with Gasteiger partial charge in [-0.05, 0) is 25.3 Å². The summed E-state index contributed by atoms with van der Waals surface area (Å²) < 4.78 is 10.4. The van der Waals surface area contributed by atoms with Gasteiger partial charge in [0.25, 0.3) is 0 Å². The summed E-state index contributed by atoms with van der Waals surface area (Å²) in [5.41, 5.74) is 0. The lowest BCUT2D eigenvalue weighted by Crippen LogP contribution is -2.11. The second-order valence-electron chi connectivity index (χ2n) is 3.25. The zero-order valence-electron chi connectivity index (χ0n) is 8.69. The third-order valence-corrected chi connectivity index (χ3v) is 2.77. The Morgan fingerprint density at radius 1 is 1.50 bits per heavy atom. The molecule has 1 aromatic heterocycles. The van der Waals surface area contributed by atoms with Gasteiger partial charge in [-0.25, -0.2) is 0 Å². The second-order valence-corrected chi connectivity index (χ2v) is 4.20. The Bertz CT molecular complexity index is 270. The minimum atomic E-state index is -0.590. The van der Waals surface area contributed by atoms with Gasteiger partial charge in [-0.2, -0.15) is 0 Å². The van der Waals surface area contributed by atoms with Crippen LogP contribution < -0.4 is 4.74 Å². The van der Waals surface area contributed by atoms with Crippen molar-refractivity contribution >= 4 is 11.3 Å². The molecule has 3 nitrogen and oxygen atoms in total. The monoisotopic (exact) mass is 216 g/mol. The number of aliphatic hydroxyl groups is 1. The highest BCUT2D eigenvalue weighted by atomic mass is 32.1. The zero-order chi connectivity index (χ0) is 10.6. The molecule has 0 fully saturated rings. The molecule has 1 unspecified atom stereocenters. The van der Waals surface area contributed by atoms with E-state index in [4.69, 9.17) is 9.47 Å². The minimum absolute atomic E-state index is 0.135. The van der Waals surface area contributed by atoms with E-state index < -0.39 is 6.10 Å². The number of methoxy groups -OCH3 is 1. The van der Waals surface area contributed by atoms with Gasteiger partial charge in [0.05, 0.1) is 24.7 Å². The molecule has 80 valence electrons. The van der Waals surface area contributed by atoms with E-state index in [1.807, 2.05) is 25.3 Å². The Labute approximate surface area is 88.3 Å². The number of ether oxygens (including phenoxy) is 2. The molecule has 1 aromatic rings. The number of aliphatic hydroxyl groups excluding tert-OH is 1. The van der Waals surface area contributed by atoms with Gasteiger partial charge >= 0.3 is 0 Å². The molecule has 0 spiro atoms. The summed E-state index contributed by atoms with van der Waals surface area (Å²) in [5.74, 6) is 0.731. The van der Waals surface area contributed by atoms with Crippen molar-refractivity contribution in [2.45, 2.75) is 26.1 Å². The summed E-state index contributed by atoms with van der Waals surface area (Å²) >= 11 is 1.48. The highest BCUT2D eigenvalue weighted by Crippen LogP contribution is 2.30. The van der Waals surface area contributed by atoms with E-state index in [0.717, 1.165) is 10.6 Å². The Morgan fingerprint density at radius 2 is 2.21 bits per heavy atom. The molecule has 0 aliphatic carbocycles. The van der Waals surface area contributed by atoms with Gasteiger partial charge in [-0.3, -0.25) is 0 Å². The first-order chi connectivity index (χ1) is 6.65. The van der Waals surface area contributed by atoms with E-state index in [0.29, 0.717) is 6.61 Å². The summed E-state index contributed by atoms with van der Waals surface area (Å²) in [5, 5.41) is 11.7. The Hall–Kier alpha value is -0.580. The molecule has 1 atom stereocenters. The Balaban J connectivity index is 2.55. The first-order valence-electron chi connectivity index (χ1n) is 4.56. The van der Waals surface area contributed by atoms with Gasteiger partial charge in [0.2, 0.25) is 0 Å². The van der Waals surface area contributed by atoms with Crippen molar-refractivity contribution in [1.82, 2.24) is 0 Å². The van der Waals surface area contributed by atoms with Gasteiger partial charge < -0.3 is 14.6 Å². The lowest BCUT2D eigenvalue weighted by atomic mass is 10.3. The van der Waals surface area contributed by atoms with Crippen molar-refractivity contribution in [1.29, 1.82) is 0 Å². The predicted molar refractivity (Wildman–Crippen MR) is 56.9 cm³/mol. The highest BCUT2D eigenvalue weighted by Gasteiger charge is 2.15. The zero-order valence-corrected chi connectivity index (χ0v) is 9.50. The van der Waals surface area contributed by atoms with Gasteiger partial charge in [-0.1, -0.05) is 0 Å². The van der Waals surface area contributed by atoms with Crippen LogP contribution in [0, 0.1) is 0 Å². The van der Waals surface area contributed by atoms with E-state index in [1.165, 1.54) is 11.3 Å². The van der Waals surface area contributed by atoms with E-state index in [-0.39, 0.29) is 6.10 Å². The lowest BCUT2D eigenvalue weighted by molar-refractivity contribution is 0.00557. The average molecular weight is 216 g/mol. The van der Waals surface area contributed by atoms with Crippen molar-refractivity contribution in [2.75, 3.05) is 13.7 Å². The summed E-state index contributed by atoms with van der Waals surface area (Å²) in [6, 6.07) is 1.85. The quantitative estimate of drug-likeness (QED) is 0.820. The Morgan fingerprint density at radius 3 is 2.79 bits per heavy atom. The summed E-state index contributed by atoms with van der Waals surface area (Å²) in [6.45, 7) is 4.20. The topological polar surface area (TPSA) is 38.7 Å². The first kappa shape index (κ1) is 11.5. The van der Waals surface area contributed by atoms with Crippen molar-refractivity contribution in [2.24, 2.45) is 0 Å². The molecular weight excluding hydrogens is 200 g/mol. The average Bonchev–Trinajstić information content (AvgIpc) is 2.61. The van der Waals surface area contributed by atoms with Gasteiger partial charge in [0, 0.05) is 0 Å². The molecule has 0 saturated heterocycles. The summed E-state index contributed by atoms with van der Waals surface area (Å²) in [6.07, 6.45) is -0.456. The van der Waals surface area contributed by atoms with E-state index >= 15 is 0 Å². The molecule has 0 aliphatic rings. The molecule has 0 saturated carbocycles. The van der Waals surface area contributed by atoms with Crippen molar-refractivity contribution in [3.63, 3.8) is 0 Å². The fraction of sp³-hybridized carbons (Fsp3) is 0.600. The molecule has 0 aromatic carbocycles. The molecule has 1 heterocycles. The van der Waals surface area contributed by atoms with Crippen LogP contribution in [0.4, 0.5) is 0 Å². The normalized spacial score (nSPS) is 13.2. The maximum absolute atomic E-state index is 9.78. The van der Waals surface area contributed by atoms with Gasteiger partial charge in [0.1, 0.15) is 11.9 Å². The molecule has 0 aliphatic heterocycles. The molecule has 0 amide bonds. The van der Waals surface area contributed by atoms with Crippen molar-refractivity contribution in [3.05, 3.63) is 16.3 Å². The Kier molecular flexibility index (Phi) is 4.38. The van der Waals surface area contributed by atoms with Crippen LogP contribution >= 0.6 is 11.3 Å². The molecule has 0 radical (unpaired) electrons. The first-order valence-corrected chi connectivity index (χ1v) is 5.44. The van der Waals surface area contributed by atoms with Crippen LogP contribution in [0.3, 0.4) is 0 Å². The minimum Gasteiger partial charge on any atom is -0.495 e.